The van der Waals surface area contributed by atoms with Crippen LogP contribution in [0.5, 0.6) is 0 Å². The summed E-state index contributed by atoms with van der Waals surface area (Å²) in [5, 5.41) is 5.99. The fraction of sp³-hybridized carbons (Fsp3) is 0.591. The van der Waals surface area contributed by atoms with E-state index >= 15 is 0 Å². The standard InChI is InChI=1S/C22H30N4O3/c27-19(23-18-10-14-25(16-18)15-17-7-2-1-3-8-17)9-6-13-26-20(28)22(24-21(26)29)11-4-5-12-22/h1-3,7-8,18H,4-6,9-16H2,(H,23,27)(H,24,29)/t18-/m1/s1. The van der Waals surface area contributed by atoms with Gasteiger partial charge in [-0.05, 0) is 31.2 Å². The Hall–Kier alpha value is -2.41. The van der Waals surface area contributed by atoms with Crippen molar-refractivity contribution in [2.24, 2.45) is 0 Å². The third kappa shape index (κ3) is 4.45. The van der Waals surface area contributed by atoms with Gasteiger partial charge in [-0.2, -0.15) is 0 Å². The van der Waals surface area contributed by atoms with E-state index in [2.05, 4.69) is 27.7 Å². The van der Waals surface area contributed by atoms with E-state index in [-0.39, 0.29) is 23.9 Å². The summed E-state index contributed by atoms with van der Waals surface area (Å²) in [6.07, 6.45) is 5.20. The Morgan fingerprint density at radius 3 is 2.69 bits per heavy atom. The third-order valence-electron chi connectivity index (χ3n) is 6.38. The molecule has 0 unspecified atom stereocenters. The van der Waals surface area contributed by atoms with Crippen LogP contribution < -0.4 is 10.6 Å². The molecule has 2 saturated heterocycles. The minimum absolute atomic E-state index is 0.000746. The molecule has 7 heteroatoms. The Bertz CT molecular complexity index is 761. The Balaban J connectivity index is 1.17. The molecule has 7 nitrogen and oxygen atoms in total. The first-order chi connectivity index (χ1) is 14.1. The number of rotatable bonds is 7. The van der Waals surface area contributed by atoms with Crippen molar-refractivity contribution in [2.75, 3.05) is 19.6 Å². The van der Waals surface area contributed by atoms with Crippen LogP contribution in [0.3, 0.4) is 0 Å². The Morgan fingerprint density at radius 2 is 1.93 bits per heavy atom. The molecule has 3 aliphatic rings. The molecule has 0 bridgehead atoms. The number of carbonyl (C=O) groups is 3. The molecule has 156 valence electrons. The van der Waals surface area contributed by atoms with E-state index in [9.17, 15) is 14.4 Å². The second-order valence-corrected chi connectivity index (χ2v) is 8.55. The van der Waals surface area contributed by atoms with Gasteiger partial charge in [-0.1, -0.05) is 43.2 Å². The van der Waals surface area contributed by atoms with Gasteiger partial charge in [0.05, 0.1) is 0 Å². The van der Waals surface area contributed by atoms with Crippen molar-refractivity contribution >= 4 is 17.8 Å². The van der Waals surface area contributed by atoms with Crippen LogP contribution in [0.2, 0.25) is 0 Å². The summed E-state index contributed by atoms with van der Waals surface area (Å²) < 4.78 is 0. The van der Waals surface area contributed by atoms with Gasteiger partial charge in [0.2, 0.25) is 5.91 Å². The van der Waals surface area contributed by atoms with Crippen molar-refractivity contribution in [3.63, 3.8) is 0 Å². The first-order valence-electron chi connectivity index (χ1n) is 10.8. The van der Waals surface area contributed by atoms with E-state index in [1.807, 2.05) is 18.2 Å². The zero-order valence-corrected chi connectivity index (χ0v) is 16.9. The molecule has 29 heavy (non-hydrogen) atoms. The van der Waals surface area contributed by atoms with Crippen molar-refractivity contribution in [1.82, 2.24) is 20.4 Å². The van der Waals surface area contributed by atoms with Gasteiger partial charge >= 0.3 is 6.03 Å². The lowest BCUT2D eigenvalue weighted by atomic mass is 9.98. The van der Waals surface area contributed by atoms with E-state index in [0.717, 1.165) is 51.7 Å². The highest BCUT2D eigenvalue weighted by Crippen LogP contribution is 2.35. The van der Waals surface area contributed by atoms with Gasteiger partial charge in [-0.25, -0.2) is 4.79 Å². The van der Waals surface area contributed by atoms with Crippen molar-refractivity contribution in [2.45, 2.75) is 63.1 Å². The zero-order valence-electron chi connectivity index (χ0n) is 16.9. The number of likely N-dealkylation sites (tertiary alicyclic amines) is 1. The van der Waals surface area contributed by atoms with Crippen LogP contribution >= 0.6 is 0 Å². The minimum Gasteiger partial charge on any atom is -0.352 e. The van der Waals surface area contributed by atoms with E-state index < -0.39 is 5.54 Å². The monoisotopic (exact) mass is 398 g/mol. The van der Waals surface area contributed by atoms with Crippen LogP contribution in [0.15, 0.2) is 30.3 Å². The maximum atomic E-state index is 12.6. The summed E-state index contributed by atoms with van der Waals surface area (Å²) in [6.45, 7) is 3.05. The number of hydrogen-bond donors (Lipinski definition) is 2. The lowest BCUT2D eigenvalue weighted by molar-refractivity contribution is -0.131. The lowest BCUT2D eigenvalue weighted by Crippen LogP contribution is -2.44. The van der Waals surface area contributed by atoms with Crippen LogP contribution in [0.25, 0.3) is 0 Å². The number of hydrogen-bond acceptors (Lipinski definition) is 4. The van der Waals surface area contributed by atoms with Crippen molar-refractivity contribution in [3.8, 4) is 0 Å². The topological polar surface area (TPSA) is 81.8 Å². The second-order valence-electron chi connectivity index (χ2n) is 8.55. The number of carbonyl (C=O) groups excluding carboxylic acids is 3. The molecule has 2 N–H and O–H groups in total. The summed E-state index contributed by atoms with van der Waals surface area (Å²) in [5.41, 5.74) is 0.624. The van der Waals surface area contributed by atoms with E-state index in [4.69, 9.17) is 0 Å². The van der Waals surface area contributed by atoms with Crippen molar-refractivity contribution in [3.05, 3.63) is 35.9 Å². The van der Waals surface area contributed by atoms with Crippen molar-refractivity contribution < 1.29 is 14.4 Å². The predicted molar refractivity (Wildman–Crippen MR) is 109 cm³/mol. The highest BCUT2D eigenvalue weighted by molar-refractivity contribution is 6.07. The number of imide groups is 1. The maximum Gasteiger partial charge on any atom is 0.325 e. The van der Waals surface area contributed by atoms with E-state index in [1.54, 1.807) is 0 Å². The number of benzene rings is 1. The molecule has 0 radical (unpaired) electrons. The molecule has 3 fully saturated rings. The molecule has 1 atom stereocenters. The van der Waals surface area contributed by atoms with Gasteiger partial charge in [-0.3, -0.25) is 19.4 Å². The largest absolute Gasteiger partial charge is 0.352 e. The summed E-state index contributed by atoms with van der Waals surface area (Å²) in [6, 6.07) is 10.2. The summed E-state index contributed by atoms with van der Waals surface area (Å²) in [5.74, 6) is -0.105. The molecule has 4 amide bonds. The van der Waals surface area contributed by atoms with Crippen LogP contribution in [0, 0.1) is 0 Å². The van der Waals surface area contributed by atoms with Crippen molar-refractivity contribution in [1.29, 1.82) is 0 Å². The van der Waals surface area contributed by atoms with Gasteiger partial charge < -0.3 is 10.6 Å². The molecule has 1 aromatic carbocycles. The SMILES string of the molecule is O=C(CCCN1C(=O)NC2(CCCC2)C1=O)N[C@@H]1CCN(Cc2ccccc2)C1. The third-order valence-corrected chi connectivity index (χ3v) is 6.38. The Kier molecular flexibility index (Phi) is 5.85. The van der Waals surface area contributed by atoms with Gasteiger partial charge in [0, 0.05) is 38.6 Å². The highest BCUT2D eigenvalue weighted by atomic mass is 16.2. The highest BCUT2D eigenvalue weighted by Gasteiger charge is 2.52. The van der Waals surface area contributed by atoms with Crippen LogP contribution in [0.4, 0.5) is 4.79 Å². The van der Waals surface area contributed by atoms with Gasteiger partial charge in [0.1, 0.15) is 5.54 Å². The van der Waals surface area contributed by atoms with Crippen LogP contribution in [-0.4, -0.2) is 58.9 Å². The molecule has 2 heterocycles. The Morgan fingerprint density at radius 1 is 1.17 bits per heavy atom. The predicted octanol–water partition coefficient (Wildman–Crippen LogP) is 2.02. The normalized spacial score (nSPS) is 23.7. The molecular weight excluding hydrogens is 368 g/mol. The molecule has 1 aliphatic carbocycles. The summed E-state index contributed by atoms with van der Waals surface area (Å²) >= 11 is 0. The Labute approximate surface area is 171 Å². The number of nitrogens with zero attached hydrogens (tertiary/aromatic N) is 2. The minimum atomic E-state index is -0.661. The quantitative estimate of drug-likeness (QED) is 0.689. The first-order valence-corrected chi connectivity index (χ1v) is 10.8. The second kappa shape index (κ2) is 8.53. The van der Waals surface area contributed by atoms with Gasteiger partial charge in [0.25, 0.3) is 5.91 Å². The lowest BCUT2D eigenvalue weighted by Gasteiger charge is -2.20. The fourth-order valence-electron chi connectivity index (χ4n) is 4.83. The molecule has 1 saturated carbocycles. The number of nitrogens with one attached hydrogen (secondary N) is 2. The maximum absolute atomic E-state index is 12.6. The molecule has 4 rings (SSSR count). The molecular formula is C22H30N4O3. The smallest absolute Gasteiger partial charge is 0.325 e. The number of amides is 4. The molecule has 0 aromatic heterocycles. The van der Waals surface area contributed by atoms with Gasteiger partial charge in [0.15, 0.2) is 0 Å². The molecule has 1 spiro atoms. The summed E-state index contributed by atoms with van der Waals surface area (Å²) in [4.78, 5) is 40.8. The first kappa shape index (κ1) is 19.9. The zero-order chi connectivity index (χ0) is 20.3. The molecule has 2 aliphatic heterocycles. The number of urea groups is 1. The van der Waals surface area contributed by atoms with E-state index in [0.29, 0.717) is 19.4 Å². The van der Waals surface area contributed by atoms with E-state index in [1.165, 1.54) is 10.5 Å². The van der Waals surface area contributed by atoms with Crippen LogP contribution in [0.1, 0.15) is 50.5 Å². The van der Waals surface area contributed by atoms with Gasteiger partial charge in [-0.15, -0.1) is 0 Å². The molecule has 1 aromatic rings. The summed E-state index contributed by atoms with van der Waals surface area (Å²) in [7, 11) is 0. The average Bonchev–Trinajstić information content (AvgIpc) is 3.40. The average molecular weight is 399 g/mol. The fourth-order valence-corrected chi connectivity index (χ4v) is 4.83. The van der Waals surface area contributed by atoms with Crippen LogP contribution in [-0.2, 0) is 16.1 Å².